The van der Waals surface area contributed by atoms with E-state index in [0.29, 0.717) is 12.8 Å². The van der Waals surface area contributed by atoms with Gasteiger partial charge in [-0.2, -0.15) is 0 Å². The minimum atomic E-state index is -0.538. The van der Waals surface area contributed by atoms with E-state index in [4.69, 9.17) is 5.11 Å². The smallest absolute Gasteiger partial charge is 0.270 e. The second kappa shape index (κ2) is 4.50. The largest absolute Gasteiger partial charge is 0.393 e. The Bertz CT molecular complexity index is 455. The molecule has 0 spiro atoms. The fraction of sp³-hybridized carbons (Fsp3) is 0.364. The lowest BCUT2D eigenvalue weighted by molar-refractivity contribution is -0.384. The van der Waals surface area contributed by atoms with Gasteiger partial charge in [0.2, 0.25) is 0 Å². The summed E-state index contributed by atoms with van der Waals surface area (Å²) in [6.07, 6.45) is 0.742. The predicted octanol–water partition coefficient (Wildman–Crippen LogP) is 0.848. The third kappa shape index (κ3) is 2.59. The molecule has 0 aliphatic heterocycles. The molecule has 0 radical (unpaired) electrons. The molecule has 2 N–H and O–H groups in total. The normalized spacial score (nSPS) is 22.6. The molecule has 1 aliphatic carbocycles. The van der Waals surface area contributed by atoms with Gasteiger partial charge in [-0.15, -0.1) is 0 Å². The molecule has 6 nitrogen and oxygen atoms in total. The van der Waals surface area contributed by atoms with Crippen molar-refractivity contribution in [1.82, 2.24) is 5.32 Å². The number of nitro groups is 1. The van der Waals surface area contributed by atoms with E-state index in [-0.39, 0.29) is 29.3 Å². The van der Waals surface area contributed by atoms with Crippen LogP contribution in [0.4, 0.5) is 5.69 Å². The number of nitrogens with zero attached hydrogens (tertiary/aromatic N) is 1. The summed E-state index contributed by atoms with van der Waals surface area (Å²) in [4.78, 5) is 21.7. The second-order valence-electron chi connectivity index (χ2n) is 4.10. The Morgan fingerprint density at radius 3 is 2.76 bits per heavy atom. The lowest BCUT2D eigenvalue weighted by Gasteiger charge is -2.31. The summed E-state index contributed by atoms with van der Waals surface area (Å²) in [7, 11) is 0. The summed E-state index contributed by atoms with van der Waals surface area (Å²) in [5.74, 6) is -0.342. The van der Waals surface area contributed by atoms with Crippen molar-refractivity contribution < 1.29 is 14.8 Å². The van der Waals surface area contributed by atoms with Gasteiger partial charge in [0.25, 0.3) is 11.6 Å². The molecule has 2 rings (SSSR count). The first-order valence-corrected chi connectivity index (χ1v) is 5.29. The topological polar surface area (TPSA) is 92.5 Å². The van der Waals surface area contributed by atoms with Gasteiger partial charge in [-0.1, -0.05) is 6.07 Å². The summed E-state index contributed by atoms with van der Waals surface area (Å²) < 4.78 is 0. The van der Waals surface area contributed by atoms with Crippen LogP contribution < -0.4 is 5.32 Å². The zero-order valence-electron chi connectivity index (χ0n) is 9.00. The zero-order valence-corrected chi connectivity index (χ0v) is 9.00. The van der Waals surface area contributed by atoms with Crippen molar-refractivity contribution in [2.75, 3.05) is 0 Å². The predicted molar refractivity (Wildman–Crippen MR) is 59.6 cm³/mol. The molecule has 1 saturated carbocycles. The fourth-order valence-corrected chi connectivity index (χ4v) is 1.74. The van der Waals surface area contributed by atoms with E-state index >= 15 is 0 Å². The van der Waals surface area contributed by atoms with Gasteiger partial charge < -0.3 is 10.4 Å². The molecule has 1 amide bonds. The van der Waals surface area contributed by atoms with E-state index in [9.17, 15) is 14.9 Å². The molecule has 0 atom stereocenters. The van der Waals surface area contributed by atoms with Gasteiger partial charge >= 0.3 is 0 Å². The molecule has 0 unspecified atom stereocenters. The zero-order chi connectivity index (χ0) is 12.4. The molecule has 0 heterocycles. The number of carbonyl (C=O) groups excluding carboxylic acids is 1. The summed E-state index contributed by atoms with van der Waals surface area (Å²) in [5, 5.41) is 22.3. The Hall–Kier alpha value is -1.95. The van der Waals surface area contributed by atoms with Crippen molar-refractivity contribution in [2.24, 2.45) is 0 Å². The van der Waals surface area contributed by atoms with E-state index in [1.165, 1.54) is 24.3 Å². The molecular formula is C11H12N2O4. The van der Waals surface area contributed by atoms with E-state index in [0.717, 1.165) is 0 Å². The average Bonchev–Trinajstić information content (AvgIpc) is 2.27. The average molecular weight is 236 g/mol. The number of aliphatic hydroxyl groups is 1. The number of aliphatic hydroxyl groups excluding tert-OH is 1. The Balaban J connectivity index is 2.03. The van der Waals surface area contributed by atoms with E-state index in [2.05, 4.69) is 5.32 Å². The maximum Gasteiger partial charge on any atom is 0.270 e. The number of carbonyl (C=O) groups is 1. The standard InChI is InChI=1S/C11H12N2O4/c14-10-5-8(6-10)12-11(15)7-2-1-3-9(4-7)13(16)17/h1-4,8,10,14H,5-6H2,(H,12,15). The van der Waals surface area contributed by atoms with Crippen molar-refractivity contribution in [3.05, 3.63) is 39.9 Å². The monoisotopic (exact) mass is 236 g/mol. The van der Waals surface area contributed by atoms with Gasteiger partial charge in [0.05, 0.1) is 11.0 Å². The highest BCUT2D eigenvalue weighted by molar-refractivity contribution is 5.95. The minimum Gasteiger partial charge on any atom is -0.393 e. The van der Waals surface area contributed by atoms with Crippen LogP contribution in [0.1, 0.15) is 23.2 Å². The van der Waals surface area contributed by atoms with Crippen molar-refractivity contribution in [3.8, 4) is 0 Å². The minimum absolute atomic E-state index is 0.0308. The fourth-order valence-electron chi connectivity index (χ4n) is 1.74. The van der Waals surface area contributed by atoms with E-state index < -0.39 is 4.92 Å². The Labute approximate surface area is 97.4 Å². The third-order valence-electron chi connectivity index (χ3n) is 2.77. The molecule has 0 saturated heterocycles. The van der Waals surface area contributed by atoms with Gasteiger partial charge in [-0.3, -0.25) is 14.9 Å². The van der Waals surface area contributed by atoms with Crippen LogP contribution in [0.2, 0.25) is 0 Å². The maximum atomic E-state index is 11.7. The van der Waals surface area contributed by atoms with Crippen molar-refractivity contribution in [2.45, 2.75) is 25.0 Å². The molecule has 1 fully saturated rings. The second-order valence-corrected chi connectivity index (χ2v) is 4.10. The number of nitrogens with one attached hydrogen (secondary N) is 1. The summed E-state index contributed by atoms with van der Waals surface area (Å²) >= 11 is 0. The molecule has 1 aromatic carbocycles. The Morgan fingerprint density at radius 1 is 1.47 bits per heavy atom. The van der Waals surface area contributed by atoms with Crippen LogP contribution in [0.5, 0.6) is 0 Å². The van der Waals surface area contributed by atoms with Crippen LogP contribution in [0.15, 0.2) is 24.3 Å². The number of amides is 1. The number of non-ortho nitro benzene ring substituents is 1. The molecule has 90 valence electrons. The van der Waals surface area contributed by atoms with Crippen LogP contribution in [0, 0.1) is 10.1 Å². The van der Waals surface area contributed by atoms with Crippen molar-refractivity contribution in [1.29, 1.82) is 0 Å². The molecule has 6 heteroatoms. The van der Waals surface area contributed by atoms with Crippen molar-refractivity contribution >= 4 is 11.6 Å². The van der Waals surface area contributed by atoms with Gasteiger partial charge in [-0.05, 0) is 18.9 Å². The van der Waals surface area contributed by atoms with Gasteiger partial charge in [0.1, 0.15) is 0 Å². The van der Waals surface area contributed by atoms with Crippen molar-refractivity contribution in [3.63, 3.8) is 0 Å². The highest BCUT2D eigenvalue weighted by Crippen LogP contribution is 2.20. The van der Waals surface area contributed by atoms with Crippen LogP contribution in [0.3, 0.4) is 0 Å². The Kier molecular flexibility index (Phi) is 3.06. The molecule has 0 aromatic heterocycles. The van der Waals surface area contributed by atoms with Gasteiger partial charge in [-0.25, -0.2) is 0 Å². The first-order chi connectivity index (χ1) is 8.06. The third-order valence-corrected chi connectivity index (χ3v) is 2.77. The SMILES string of the molecule is O=C(NC1CC(O)C1)c1cccc([N+](=O)[O-])c1. The van der Waals surface area contributed by atoms with Crippen LogP contribution in [-0.2, 0) is 0 Å². The van der Waals surface area contributed by atoms with Crippen LogP contribution in [0.25, 0.3) is 0 Å². The first kappa shape index (κ1) is 11.5. The summed E-state index contributed by atoms with van der Waals surface area (Å²) in [6, 6.07) is 5.55. The van der Waals surface area contributed by atoms with Gasteiger partial charge in [0.15, 0.2) is 0 Å². The molecule has 17 heavy (non-hydrogen) atoms. The maximum absolute atomic E-state index is 11.7. The quantitative estimate of drug-likeness (QED) is 0.601. The molecule has 0 bridgehead atoms. The first-order valence-electron chi connectivity index (χ1n) is 5.29. The highest BCUT2D eigenvalue weighted by atomic mass is 16.6. The van der Waals surface area contributed by atoms with Gasteiger partial charge in [0, 0.05) is 23.7 Å². The molecule has 1 aliphatic rings. The summed E-state index contributed by atoms with van der Waals surface area (Å²) in [5.41, 5.74) is 0.159. The number of rotatable bonds is 3. The van der Waals surface area contributed by atoms with E-state index in [1.54, 1.807) is 0 Å². The summed E-state index contributed by atoms with van der Waals surface area (Å²) in [6.45, 7) is 0. The molecule has 1 aromatic rings. The number of benzene rings is 1. The lowest BCUT2D eigenvalue weighted by Crippen LogP contribution is -2.46. The number of hydrogen-bond acceptors (Lipinski definition) is 4. The number of hydrogen-bond donors (Lipinski definition) is 2. The molecular weight excluding hydrogens is 224 g/mol. The van der Waals surface area contributed by atoms with E-state index in [1.807, 2.05) is 0 Å². The Morgan fingerprint density at radius 2 is 2.18 bits per heavy atom. The number of nitro benzene ring substituents is 1. The lowest BCUT2D eigenvalue weighted by atomic mass is 9.89. The van der Waals surface area contributed by atoms with Crippen LogP contribution >= 0.6 is 0 Å². The van der Waals surface area contributed by atoms with Crippen LogP contribution in [-0.4, -0.2) is 28.1 Å². The highest BCUT2D eigenvalue weighted by Gasteiger charge is 2.28.